The van der Waals surface area contributed by atoms with E-state index in [2.05, 4.69) is 9.88 Å². The van der Waals surface area contributed by atoms with Gasteiger partial charge in [-0.05, 0) is 17.7 Å². The van der Waals surface area contributed by atoms with Gasteiger partial charge in [-0.1, -0.05) is 30.3 Å². The third-order valence-electron chi connectivity index (χ3n) is 3.84. The van der Waals surface area contributed by atoms with Gasteiger partial charge in [-0.15, -0.1) is 0 Å². The molecule has 23 heavy (non-hydrogen) atoms. The van der Waals surface area contributed by atoms with Crippen molar-refractivity contribution in [2.75, 3.05) is 36.8 Å². The largest absolute Gasteiger partial charge is 0.445 e. The van der Waals surface area contributed by atoms with Crippen LogP contribution in [0.5, 0.6) is 0 Å². The molecule has 0 bridgehead atoms. The SMILES string of the molecule is Nc1ccc(N2CCN(C(=O)OCc3ccccc3)CC2)nc1. The molecule has 1 saturated heterocycles. The molecule has 0 atom stereocenters. The van der Waals surface area contributed by atoms with Crippen LogP contribution in [0.3, 0.4) is 0 Å². The Morgan fingerprint density at radius 2 is 1.83 bits per heavy atom. The molecule has 0 spiro atoms. The summed E-state index contributed by atoms with van der Waals surface area (Å²) in [5.41, 5.74) is 7.29. The maximum atomic E-state index is 12.1. The first-order valence-corrected chi connectivity index (χ1v) is 7.64. The summed E-state index contributed by atoms with van der Waals surface area (Å²) in [6, 6.07) is 13.4. The van der Waals surface area contributed by atoms with E-state index >= 15 is 0 Å². The van der Waals surface area contributed by atoms with Crippen molar-refractivity contribution < 1.29 is 9.53 Å². The fraction of sp³-hybridized carbons (Fsp3) is 0.294. The Labute approximate surface area is 135 Å². The molecule has 0 unspecified atom stereocenters. The van der Waals surface area contributed by atoms with Crippen molar-refractivity contribution in [1.82, 2.24) is 9.88 Å². The number of aromatic nitrogens is 1. The van der Waals surface area contributed by atoms with E-state index in [9.17, 15) is 4.79 Å². The smallest absolute Gasteiger partial charge is 0.410 e. The van der Waals surface area contributed by atoms with E-state index in [-0.39, 0.29) is 6.09 Å². The highest BCUT2D eigenvalue weighted by Crippen LogP contribution is 2.15. The van der Waals surface area contributed by atoms with Crippen LogP contribution in [-0.4, -0.2) is 42.2 Å². The molecule has 1 fully saturated rings. The summed E-state index contributed by atoms with van der Waals surface area (Å²) in [7, 11) is 0. The molecule has 3 rings (SSSR count). The number of nitrogens with zero attached hydrogens (tertiary/aromatic N) is 3. The number of pyridine rings is 1. The maximum Gasteiger partial charge on any atom is 0.410 e. The van der Waals surface area contributed by atoms with Gasteiger partial charge in [0.1, 0.15) is 12.4 Å². The lowest BCUT2D eigenvalue weighted by Crippen LogP contribution is -2.49. The average molecular weight is 312 g/mol. The second-order valence-electron chi connectivity index (χ2n) is 5.46. The summed E-state index contributed by atoms with van der Waals surface area (Å²) in [4.78, 5) is 20.3. The second-order valence-corrected chi connectivity index (χ2v) is 5.46. The fourth-order valence-corrected chi connectivity index (χ4v) is 2.51. The zero-order valence-electron chi connectivity index (χ0n) is 12.9. The zero-order valence-corrected chi connectivity index (χ0v) is 12.9. The Kier molecular flexibility index (Phi) is 4.61. The number of nitrogen functional groups attached to an aromatic ring is 1. The molecular formula is C17H20N4O2. The van der Waals surface area contributed by atoms with Crippen molar-refractivity contribution in [3.63, 3.8) is 0 Å². The first kappa shape index (κ1) is 15.1. The summed E-state index contributed by atoms with van der Waals surface area (Å²) >= 11 is 0. The Morgan fingerprint density at radius 3 is 2.48 bits per heavy atom. The van der Waals surface area contributed by atoms with Gasteiger partial charge in [0.15, 0.2) is 0 Å². The predicted octanol–water partition coefficient (Wildman–Crippen LogP) is 2.12. The number of hydrogen-bond donors (Lipinski definition) is 1. The number of hydrogen-bond acceptors (Lipinski definition) is 5. The number of benzene rings is 1. The summed E-state index contributed by atoms with van der Waals surface area (Å²) in [6.07, 6.45) is 1.38. The maximum absolute atomic E-state index is 12.1. The van der Waals surface area contributed by atoms with Crippen LogP contribution < -0.4 is 10.6 Å². The molecule has 1 amide bonds. The lowest BCUT2D eigenvalue weighted by atomic mass is 10.2. The number of ether oxygens (including phenoxy) is 1. The predicted molar refractivity (Wildman–Crippen MR) is 89.1 cm³/mol. The van der Waals surface area contributed by atoms with E-state index in [1.54, 1.807) is 11.1 Å². The van der Waals surface area contributed by atoms with Gasteiger partial charge in [-0.2, -0.15) is 0 Å². The van der Waals surface area contributed by atoms with Gasteiger partial charge in [-0.3, -0.25) is 0 Å². The van der Waals surface area contributed by atoms with E-state index in [4.69, 9.17) is 10.5 Å². The van der Waals surface area contributed by atoms with Crippen molar-refractivity contribution in [2.24, 2.45) is 0 Å². The lowest BCUT2D eigenvalue weighted by molar-refractivity contribution is 0.0941. The van der Waals surface area contributed by atoms with E-state index in [0.717, 1.165) is 24.5 Å². The number of carbonyl (C=O) groups is 1. The van der Waals surface area contributed by atoms with E-state index in [1.807, 2.05) is 42.5 Å². The minimum Gasteiger partial charge on any atom is -0.445 e. The molecule has 2 aromatic rings. The van der Waals surface area contributed by atoms with Crippen molar-refractivity contribution in [3.8, 4) is 0 Å². The molecule has 2 heterocycles. The van der Waals surface area contributed by atoms with Gasteiger partial charge < -0.3 is 20.3 Å². The number of nitrogens with two attached hydrogens (primary N) is 1. The molecule has 1 aliphatic rings. The van der Waals surface area contributed by atoms with Crippen LogP contribution in [-0.2, 0) is 11.3 Å². The standard InChI is InChI=1S/C17H20N4O2/c18-15-6-7-16(19-12-15)20-8-10-21(11-9-20)17(22)23-13-14-4-2-1-3-5-14/h1-7,12H,8-11,13,18H2. The van der Waals surface area contributed by atoms with Crippen LogP contribution in [0.2, 0.25) is 0 Å². The third kappa shape index (κ3) is 3.91. The molecule has 0 saturated carbocycles. The number of piperazine rings is 1. The summed E-state index contributed by atoms with van der Waals surface area (Å²) in [6.45, 7) is 3.02. The number of carbonyl (C=O) groups excluding carboxylic acids is 1. The quantitative estimate of drug-likeness (QED) is 0.940. The molecule has 6 heteroatoms. The molecule has 2 N–H and O–H groups in total. The first-order chi connectivity index (χ1) is 11.2. The average Bonchev–Trinajstić information content (AvgIpc) is 2.61. The molecule has 1 aromatic heterocycles. The van der Waals surface area contributed by atoms with Gasteiger partial charge in [0.05, 0.1) is 11.9 Å². The molecule has 0 aliphatic carbocycles. The summed E-state index contributed by atoms with van der Waals surface area (Å²) in [5, 5.41) is 0. The van der Waals surface area contributed by atoms with Gasteiger partial charge in [0.25, 0.3) is 0 Å². The zero-order chi connectivity index (χ0) is 16.1. The molecule has 0 radical (unpaired) electrons. The van der Waals surface area contributed by atoms with E-state index in [0.29, 0.717) is 25.4 Å². The third-order valence-corrected chi connectivity index (χ3v) is 3.84. The van der Waals surface area contributed by atoms with Crippen LogP contribution in [0.1, 0.15) is 5.56 Å². The van der Waals surface area contributed by atoms with Gasteiger partial charge in [0, 0.05) is 26.2 Å². The molecule has 120 valence electrons. The minimum absolute atomic E-state index is 0.265. The van der Waals surface area contributed by atoms with Gasteiger partial charge in [0.2, 0.25) is 0 Å². The van der Waals surface area contributed by atoms with Crippen molar-refractivity contribution in [3.05, 3.63) is 54.2 Å². The van der Waals surface area contributed by atoms with Crippen molar-refractivity contribution in [1.29, 1.82) is 0 Å². The molecule has 6 nitrogen and oxygen atoms in total. The normalized spacial score (nSPS) is 14.6. The Bertz CT molecular complexity index is 637. The van der Waals surface area contributed by atoms with Crippen LogP contribution in [0.25, 0.3) is 0 Å². The van der Waals surface area contributed by atoms with Crippen LogP contribution in [0, 0.1) is 0 Å². The molecular weight excluding hydrogens is 292 g/mol. The minimum atomic E-state index is -0.265. The Balaban J connectivity index is 1.48. The second kappa shape index (κ2) is 7.00. The number of anilines is 2. The fourth-order valence-electron chi connectivity index (χ4n) is 2.51. The van der Waals surface area contributed by atoms with Gasteiger partial charge in [-0.25, -0.2) is 9.78 Å². The van der Waals surface area contributed by atoms with Crippen LogP contribution >= 0.6 is 0 Å². The van der Waals surface area contributed by atoms with Crippen molar-refractivity contribution >= 4 is 17.6 Å². The monoisotopic (exact) mass is 312 g/mol. The number of amides is 1. The molecule has 1 aromatic carbocycles. The first-order valence-electron chi connectivity index (χ1n) is 7.64. The lowest BCUT2D eigenvalue weighted by Gasteiger charge is -2.34. The highest BCUT2D eigenvalue weighted by atomic mass is 16.6. The molecule has 1 aliphatic heterocycles. The van der Waals surface area contributed by atoms with E-state index in [1.165, 1.54) is 0 Å². The highest BCUT2D eigenvalue weighted by molar-refractivity contribution is 5.68. The Morgan fingerprint density at radius 1 is 1.09 bits per heavy atom. The number of rotatable bonds is 3. The van der Waals surface area contributed by atoms with Gasteiger partial charge >= 0.3 is 6.09 Å². The van der Waals surface area contributed by atoms with E-state index < -0.39 is 0 Å². The van der Waals surface area contributed by atoms with Crippen LogP contribution in [0.15, 0.2) is 48.7 Å². The highest BCUT2D eigenvalue weighted by Gasteiger charge is 2.22. The topological polar surface area (TPSA) is 71.7 Å². The summed E-state index contributed by atoms with van der Waals surface area (Å²) < 4.78 is 5.36. The summed E-state index contributed by atoms with van der Waals surface area (Å²) in [5.74, 6) is 0.886. The van der Waals surface area contributed by atoms with Crippen molar-refractivity contribution in [2.45, 2.75) is 6.61 Å². The Hall–Kier alpha value is -2.76. The van der Waals surface area contributed by atoms with Crippen LogP contribution in [0.4, 0.5) is 16.3 Å².